The number of benzene rings is 1. The molecule has 2 rings (SSSR count). The molecule has 90 valence electrons. The topological polar surface area (TPSA) is 26.3 Å². The molecule has 0 unspecified atom stereocenters. The molecular formula is C14H16O2S. The van der Waals surface area contributed by atoms with Gasteiger partial charge < -0.3 is 4.74 Å². The van der Waals surface area contributed by atoms with Crippen molar-refractivity contribution in [3.05, 3.63) is 47.7 Å². The summed E-state index contributed by atoms with van der Waals surface area (Å²) < 4.78 is 5.60. The van der Waals surface area contributed by atoms with Crippen LogP contribution in [0, 0.1) is 0 Å². The van der Waals surface area contributed by atoms with E-state index in [1.54, 1.807) is 6.08 Å². The van der Waals surface area contributed by atoms with E-state index in [-0.39, 0.29) is 9.86 Å². The molecule has 0 N–H and O–H groups in total. The predicted molar refractivity (Wildman–Crippen MR) is 70.6 cm³/mol. The third kappa shape index (κ3) is 2.72. The van der Waals surface area contributed by atoms with Gasteiger partial charge in [-0.05, 0) is 18.9 Å². The number of carbonyl (C=O) groups excluding carboxylic acids is 1. The van der Waals surface area contributed by atoms with Crippen molar-refractivity contribution in [1.82, 2.24) is 0 Å². The van der Waals surface area contributed by atoms with Crippen LogP contribution in [0.1, 0.15) is 25.8 Å². The highest BCUT2D eigenvalue weighted by molar-refractivity contribution is 8.15. The Morgan fingerprint density at radius 3 is 2.65 bits per heavy atom. The molecule has 1 aromatic rings. The first-order valence-corrected chi connectivity index (χ1v) is 6.57. The van der Waals surface area contributed by atoms with Crippen molar-refractivity contribution in [2.75, 3.05) is 0 Å². The molecule has 0 saturated heterocycles. The van der Waals surface area contributed by atoms with Gasteiger partial charge >= 0.3 is 0 Å². The Bertz CT molecular complexity index is 439. The first-order chi connectivity index (χ1) is 8.14. The van der Waals surface area contributed by atoms with Crippen LogP contribution in [0.15, 0.2) is 42.2 Å². The summed E-state index contributed by atoms with van der Waals surface area (Å²) in [7, 11) is 0. The van der Waals surface area contributed by atoms with Crippen LogP contribution in [-0.4, -0.2) is 9.86 Å². The molecule has 1 aliphatic heterocycles. The van der Waals surface area contributed by atoms with Crippen LogP contribution in [0.3, 0.4) is 0 Å². The van der Waals surface area contributed by atoms with Crippen molar-refractivity contribution in [1.29, 1.82) is 0 Å². The lowest BCUT2D eigenvalue weighted by molar-refractivity contribution is -0.107. The summed E-state index contributed by atoms with van der Waals surface area (Å²) in [5.74, 6) is 0.804. The smallest absolute Gasteiger partial charge is 0.216 e. The number of carbonyl (C=O) groups is 1. The van der Waals surface area contributed by atoms with E-state index in [0.29, 0.717) is 6.61 Å². The van der Waals surface area contributed by atoms with Gasteiger partial charge in [-0.3, -0.25) is 4.79 Å². The van der Waals surface area contributed by atoms with Crippen molar-refractivity contribution in [3.8, 4) is 0 Å². The van der Waals surface area contributed by atoms with Gasteiger partial charge in [0.2, 0.25) is 5.12 Å². The highest BCUT2D eigenvalue weighted by atomic mass is 32.2. The highest BCUT2D eigenvalue weighted by Crippen LogP contribution is 2.42. The van der Waals surface area contributed by atoms with E-state index < -0.39 is 0 Å². The molecule has 0 spiro atoms. The van der Waals surface area contributed by atoms with Crippen molar-refractivity contribution in [3.63, 3.8) is 0 Å². The van der Waals surface area contributed by atoms with Crippen molar-refractivity contribution >= 4 is 16.9 Å². The molecule has 0 saturated carbocycles. The average molecular weight is 248 g/mol. The molecule has 0 aromatic heterocycles. The summed E-state index contributed by atoms with van der Waals surface area (Å²) in [6.07, 6.45) is 2.52. The molecule has 2 nitrogen and oxygen atoms in total. The Morgan fingerprint density at radius 1 is 1.29 bits per heavy atom. The van der Waals surface area contributed by atoms with Crippen molar-refractivity contribution in [2.45, 2.75) is 31.6 Å². The van der Waals surface area contributed by atoms with Gasteiger partial charge in [0.15, 0.2) is 0 Å². The monoisotopic (exact) mass is 248 g/mol. The fourth-order valence-electron chi connectivity index (χ4n) is 1.74. The number of hydrogen-bond donors (Lipinski definition) is 0. The molecule has 1 atom stereocenters. The van der Waals surface area contributed by atoms with E-state index in [9.17, 15) is 4.79 Å². The van der Waals surface area contributed by atoms with Crippen LogP contribution in [0.2, 0.25) is 0 Å². The molecule has 3 heteroatoms. The maximum absolute atomic E-state index is 11.4. The van der Waals surface area contributed by atoms with E-state index >= 15 is 0 Å². The van der Waals surface area contributed by atoms with Crippen LogP contribution < -0.4 is 0 Å². The lowest BCUT2D eigenvalue weighted by Gasteiger charge is -2.24. The Kier molecular flexibility index (Phi) is 3.57. The Labute approximate surface area is 106 Å². The molecule has 1 heterocycles. The molecule has 0 radical (unpaired) electrons. The lowest BCUT2D eigenvalue weighted by Crippen LogP contribution is -2.20. The first kappa shape index (κ1) is 12.2. The summed E-state index contributed by atoms with van der Waals surface area (Å²) in [4.78, 5) is 11.4. The van der Waals surface area contributed by atoms with Crippen LogP contribution >= 0.6 is 11.8 Å². The Morgan fingerprint density at radius 2 is 2.00 bits per heavy atom. The van der Waals surface area contributed by atoms with Crippen molar-refractivity contribution < 1.29 is 9.53 Å². The van der Waals surface area contributed by atoms with Gasteiger partial charge in [0.05, 0.1) is 4.75 Å². The molecule has 17 heavy (non-hydrogen) atoms. The van der Waals surface area contributed by atoms with Crippen LogP contribution in [-0.2, 0) is 16.1 Å². The maximum Gasteiger partial charge on any atom is 0.216 e. The van der Waals surface area contributed by atoms with Gasteiger partial charge in [-0.15, -0.1) is 0 Å². The summed E-state index contributed by atoms with van der Waals surface area (Å²) in [6.45, 7) is 4.65. The SMILES string of the molecule is CC[C@@]1(C)SC(=O)C=C1OCc1ccccc1. The second-order valence-corrected chi connectivity index (χ2v) is 5.80. The minimum Gasteiger partial charge on any atom is -0.492 e. The summed E-state index contributed by atoms with van der Waals surface area (Å²) in [5.41, 5.74) is 1.12. The van der Waals surface area contributed by atoms with Gasteiger partial charge in [0, 0.05) is 6.08 Å². The first-order valence-electron chi connectivity index (χ1n) is 5.76. The van der Waals surface area contributed by atoms with Crippen LogP contribution in [0.4, 0.5) is 0 Å². The molecule has 0 aliphatic carbocycles. The van der Waals surface area contributed by atoms with E-state index in [2.05, 4.69) is 13.8 Å². The second-order valence-electron chi connectivity index (χ2n) is 4.29. The van der Waals surface area contributed by atoms with E-state index in [0.717, 1.165) is 17.7 Å². The van der Waals surface area contributed by atoms with Gasteiger partial charge in [0.25, 0.3) is 0 Å². The second kappa shape index (κ2) is 4.96. The Hall–Kier alpha value is -1.22. The fourth-order valence-corrected chi connectivity index (χ4v) is 2.71. The van der Waals surface area contributed by atoms with Crippen molar-refractivity contribution in [2.24, 2.45) is 0 Å². The van der Waals surface area contributed by atoms with Gasteiger partial charge in [-0.25, -0.2) is 0 Å². The zero-order valence-electron chi connectivity index (χ0n) is 10.1. The van der Waals surface area contributed by atoms with E-state index in [1.807, 2.05) is 30.3 Å². The Balaban J connectivity index is 2.04. The summed E-state index contributed by atoms with van der Waals surface area (Å²) >= 11 is 1.35. The van der Waals surface area contributed by atoms with Gasteiger partial charge in [-0.2, -0.15) is 0 Å². The average Bonchev–Trinajstić information content (AvgIpc) is 2.64. The molecule has 0 bridgehead atoms. The number of ether oxygens (including phenoxy) is 1. The fraction of sp³-hybridized carbons (Fsp3) is 0.357. The van der Waals surface area contributed by atoms with E-state index in [4.69, 9.17) is 4.74 Å². The minimum atomic E-state index is -0.189. The molecule has 1 aromatic carbocycles. The summed E-state index contributed by atoms with van der Waals surface area (Å²) in [6, 6.07) is 10.00. The quantitative estimate of drug-likeness (QED) is 0.815. The highest BCUT2D eigenvalue weighted by Gasteiger charge is 2.37. The summed E-state index contributed by atoms with van der Waals surface area (Å²) in [5, 5.41) is 0.0948. The number of hydrogen-bond acceptors (Lipinski definition) is 3. The third-order valence-electron chi connectivity index (χ3n) is 3.01. The number of thioether (sulfide) groups is 1. The number of rotatable bonds is 4. The lowest BCUT2D eigenvalue weighted by atomic mass is 10.1. The van der Waals surface area contributed by atoms with Gasteiger partial charge in [0.1, 0.15) is 12.4 Å². The normalized spacial score (nSPS) is 23.6. The van der Waals surface area contributed by atoms with Crippen LogP contribution in [0.5, 0.6) is 0 Å². The van der Waals surface area contributed by atoms with Gasteiger partial charge in [-0.1, -0.05) is 49.0 Å². The third-order valence-corrected chi connectivity index (χ3v) is 4.27. The molecule has 0 fully saturated rings. The maximum atomic E-state index is 11.4. The molecule has 0 amide bonds. The predicted octanol–water partition coefficient (Wildman–Crippen LogP) is 3.53. The molecular weight excluding hydrogens is 232 g/mol. The minimum absolute atomic E-state index is 0.0948. The molecule has 1 aliphatic rings. The zero-order chi connectivity index (χ0) is 12.3. The van der Waals surface area contributed by atoms with E-state index in [1.165, 1.54) is 11.8 Å². The zero-order valence-corrected chi connectivity index (χ0v) is 10.9. The van der Waals surface area contributed by atoms with Crippen LogP contribution in [0.25, 0.3) is 0 Å². The largest absolute Gasteiger partial charge is 0.492 e. The standard InChI is InChI=1S/C14H16O2S/c1-3-14(2)12(9-13(15)17-14)16-10-11-7-5-4-6-8-11/h4-9H,3,10H2,1-2H3/t14-/m1/s1.